The molecule has 0 radical (unpaired) electrons. The molecule has 1 unspecified atom stereocenters. The van der Waals surface area contributed by atoms with Crippen molar-refractivity contribution >= 4 is 73.6 Å². The minimum atomic E-state index is -3.14. The quantitative estimate of drug-likeness (QED) is 0.0148. The number of carbonyl (C=O) groups is 8. The topological polar surface area (TPSA) is 349 Å². The highest BCUT2D eigenvalue weighted by Crippen LogP contribution is 2.58. The van der Waals surface area contributed by atoms with Crippen LogP contribution in [0.2, 0.25) is 0 Å². The number of hydrogen-bond acceptors (Lipinski definition) is 31. The summed E-state index contributed by atoms with van der Waals surface area (Å²) in [7, 11) is -8.06. The van der Waals surface area contributed by atoms with E-state index in [1.54, 1.807) is 34.6 Å². The summed E-state index contributed by atoms with van der Waals surface area (Å²) in [5.41, 5.74) is -0.457. The summed E-state index contributed by atoms with van der Waals surface area (Å²) in [6.07, 6.45) is 7.34. The lowest BCUT2D eigenvalue weighted by molar-refractivity contribution is -0.130. The molecule has 0 heterocycles. The van der Waals surface area contributed by atoms with Gasteiger partial charge in [0.05, 0.1) is 45.7 Å². The van der Waals surface area contributed by atoms with Gasteiger partial charge in [0.15, 0.2) is 69.0 Å². The second-order valence-corrected chi connectivity index (χ2v) is 25.0. The standard InChI is InChI=1S/C83H75O31P3/c1-15-75(84)98-51-28-35-59(66(42-51)112-115(107-53-30-37-61(101-78(87)18-4)68(44-53)93-23-9)108-54-31-38-62(102-79(88)19-5)69(45-54)94-24-10)83-73(113-116(106-52-29-36-60(67(43-52)92-14)100-77(86)17-3)109-55-32-39-63(103-80(89)20-6)70(46-55)95-25-11)49-58(99-76(85)16-2)50-74(83)114-117(110-56-33-40-64(104-81(90)21-7)71(47-56)96-26-12)111-57-34-41-65(105-82(91)22-8)72(48-57)97-27-13/h15-22,28-50H,1-8,23-27H2,9-14H3. The molecule has 8 rings (SSSR count). The fraction of sp³-hybridized carbons (Fsp3) is 0.133. The third-order valence-electron chi connectivity index (χ3n) is 14.1. The molecule has 31 nitrogen and oxygen atoms in total. The highest BCUT2D eigenvalue weighted by Gasteiger charge is 2.35. The van der Waals surface area contributed by atoms with Crippen molar-refractivity contribution in [3.8, 4) is 143 Å². The largest absolute Gasteiger partial charge is 0.530 e. The maximum absolute atomic E-state index is 13.8. The molecular formula is C83H75O31P3. The maximum Gasteiger partial charge on any atom is 0.530 e. The van der Waals surface area contributed by atoms with Crippen LogP contribution < -0.4 is 107 Å². The smallest absolute Gasteiger partial charge is 0.493 e. The third-order valence-corrected chi connectivity index (χ3v) is 17.3. The number of esters is 8. The van der Waals surface area contributed by atoms with Crippen molar-refractivity contribution in [2.24, 2.45) is 0 Å². The van der Waals surface area contributed by atoms with Crippen molar-refractivity contribution in [1.29, 1.82) is 0 Å². The SMILES string of the molecule is C=CC(=O)Oc1ccc(-c2c(OP(Oc3ccc(OC(=O)C=C)c(OC)c3)Oc3ccc(OC(=O)C=C)c(OCC)c3)cc(OC(=O)C=C)cc2OP(Oc2ccc(OC(=O)C=C)c(OCC)c2)Oc2ccc(OC(=O)C=C)c(OCC)c2)c(OP(Oc2ccc(OC(=O)C=C)c(OCC)c2)Oc2ccc(OC(=O)C=C)c(OCC)c2)c1. The number of methoxy groups -OCH3 is 1. The molecule has 0 bridgehead atoms. The Kier molecular flexibility index (Phi) is 33.4. The van der Waals surface area contributed by atoms with Crippen LogP contribution in [-0.2, 0) is 38.4 Å². The molecule has 608 valence electrons. The Morgan fingerprint density at radius 2 is 0.444 bits per heavy atom. The molecule has 0 aliphatic heterocycles. The number of hydrogen-bond donors (Lipinski definition) is 0. The summed E-state index contributed by atoms with van der Waals surface area (Å²) >= 11 is 0. The third kappa shape index (κ3) is 25.9. The minimum Gasteiger partial charge on any atom is -0.493 e. The molecular weight excluding hydrogens is 1590 g/mol. The van der Waals surface area contributed by atoms with Crippen LogP contribution in [0.5, 0.6) is 132 Å². The van der Waals surface area contributed by atoms with Gasteiger partial charge in [-0.25, -0.2) is 38.4 Å². The molecule has 0 N–H and O–H groups in total. The monoisotopic (exact) mass is 1660 g/mol. The predicted molar refractivity (Wildman–Crippen MR) is 426 cm³/mol. The average Bonchev–Trinajstić information content (AvgIpc) is 0.768. The molecule has 0 saturated carbocycles. The lowest BCUT2D eigenvalue weighted by Crippen LogP contribution is -2.10. The first kappa shape index (κ1) is 88.3. The number of ether oxygens (including phenoxy) is 14. The van der Waals surface area contributed by atoms with E-state index in [2.05, 4.69) is 52.6 Å². The van der Waals surface area contributed by atoms with Gasteiger partial charge in [-0.15, -0.1) is 0 Å². The number of carbonyl (C=O) groups excluding carboxylic acids is 8. The Morgan fingerprint density at radius 3 is 0.692 bits per heavy atom. The van der Waals surface area contributed by atoms with Gasteiger partial charge in [0.2, 0.25) is 0 Å². The maximum atomic E-state index is 13.8. The van der Waals surface area contributed by atoms with E-state index in [9.17, 15) is 38.4 Å². The minimum absolute atomic E-state index is 0.0111. The van der Waals surface area contributed by atoms with Gasteiger partial charge < -0.3 is 107 Å². The molecule has 8 aromatic carbocycles. The first-order valence-electron chi connectivity index (χ1n) is 34.6. The first-order valence-corrected chi connectivity index (χ1v) is 37.9. The molecule has 0 aliphatic carbocycles. The normalized spacial score (nSPS) is 10.6. The fourth-order valence-electron chi connectivity index (χ4n) is 9.30. The van der Waals surface area contributed by atoms with Crippen LogP contribution in [-0.4, -0.2) is 87.9 Å². The summed E-state index contributed by atoms with van der Waals surface area (Å²) in [6, 6.07) is 30.5. The Balaban J connectivity index is 1.49. The molecule has 1 atom stereocenters. The van der Waals surface area contributed by atoms with Gasteiger partial charge in [0, 0.05) is 109 Å². The summed E-state index contributed by atoms with van der Waals surface area (Å²) in [4.78, 5) is 103. The predicted octanol–water partition coefficient (Wildman–Crippen LogP) is 17.4. The van der Waals surface area contributed by atoms with Crippen molar-refractivity contribution < 1.29 is 145 Å². The van der Waals surface area contributed by atoms with Gasteiger partial charge in [0.25, 0.3) is 0 Å². The molecule has 0 aliphatic rings. The van der Waals surface area contributed by atoms with Crippen LogP contribution in [0.1, 0.15) is 34.6 Å². The van der Waals surface area contributed by atoms with E-state index >= 15 is 0 Å². The van der Waals surface area contributed by atoms with Crippen LogP contribution in [0.3, 0.4) is 0 Å². The lowest BCUT2D eigenvalue weighted by Gasteiger charge is -2.25. The Hall–Kier alpha value is -14.3. The number of benzene rings is 8. The highest BCUT2D eigenvalue weighted by atomic mass is 31.2. The second-order valence-electron chi connectivity index (χ2n) is 22.0. The molecule has 34 heteroatoms. The Morgan fingerprint density at radius 1 is 0.239 bits per heavy atom. The Bertz CT molecular complexity index is 4900. The van der Waals surface area contributed by atoms with E-state index in [0.717, 1.165) is 48.6 Å². The van der Waals surface area contributed by atoms with Crippen molar-refractivity contribution in [1.82, 2.24) is 0 Å². The van der Waals surface area contributed by atoms with E-state index in [1.807, 2.05) is 0 Å². The van der Waals surface area contributed by atoms with Crippen LogP contribution in [0.15, 0.2) is 241 Å². The second kappa shape index (κ2) is 44.3. The van der Waals surface area contributed by atoms with Crippen molar-refractivity contribution in [2.45, 2.75) is 34.6 Å². The van der Waals surface area contributed by atoms with Gasteiger partial charge >= 0.3 is 73.6 Å². The average molecular weight is 1660 g/mol. The number of rotatable bonds is 46. The van der Waals surface area contributed by atoms with Crippen molar-refractivity contribution in [2.75, 3.05) is 40.1 Å². The van der Waals surface area contributed by atoms with Gasteiger partial charge in [-0.05, 0) is 120 Å². The lowest BCUT2D eigenvalue weighted by atomic mass is 10.0. The van der Waals surface area contributed by atoms with Crippen LogP contribution in [0, 0.1) is 0 Å². The van der Waals surface area contributed by atoms with Gasteiger partial charge in [-0.1, -0.05) is 52.6 Å². The van der Waals surface area contributed by atoms with Gasteiger partial charge in [0.1, 0.15) is 63.2 Å². The fourth-order valence-corrected chi connectivity index (χ4v) is 12.3. The summed E-state index contributed by atoms with van der Waals surface area (Å²) in [5, 5.41) is 0. The highest BCUT2D eigenvalue weighted by molar-refractivity contribution is 7.43. The zero-order valence-electron chi connectivity index (χ0n) is 63.6. The molecule has 0 saturated heterocycles. The van der Waals surface area contributed by atoms with Crippen molar-refractivity contribution in [3.05, 3.63) is 241 Å². The zero-order valence-corrected chi connectivity index (χ0v) is 66.3. The van der Waals surface area contributed by atoms with E-state index in [4.69, 9.17) is 107 Å². The van der Waals surface area contributed by atoms with Gasteiger partial charge in [-0.3, -0.25) is 0 Å². The van der Waals surface area contributed by atoms with Crippen molar-refractivity contribution in [3.63, 3.8) is 0 Å². The summed E-state index contributed by atoms with van der Waals surface area (Å²) in [5.74, 6) is -9.99. The summed E-state index contributed by atoms with van der Waals surface area (Å²) < 4.78 is 141. The molecule has 0 amide bonds. The van der Waals surface area contributed by atoms with E-state index in [1.165, 1.54) is 147 Å². The molecule has 117 heavy (non-hydrogen) atoms. The van der Waals surface area contributed by atoms with Crippen LogP contribution in [0.4, 0.5) is 0 Å². The first-order chi connectivity index (χ1) is 56.5. The summed E-state index contributed by atoms with van der Waals surface area (Å²) in [6.45, 7) is 36.7. The van der Waals surface area contributed by atoms with Crippen LogP contribution >= 0.6 is 25.8 Å². The van der Waals surface area contributed by atoms with Gasteiger partial charge in [-0.2, -0.15) is 0 Å². The Labute approximate surface area is 674 Å². The van der Waals surface area contributed by atoms with Crippen LogP contribution in [0.25, 0.3) is 11.1 Å². The molecule has 8 aromatic rings. The molecule has 0 spiro atoms. The molecule has 0 fully saturated rings. The van der Waals surface area contributed by atoms with E-state index in [-0.39, 0.29) is 159 Å². The molecule has 0 aromatic heterocycles. The van der Waals surface area contributed by atoms with E-state index < -0.39 is 90.8 Å². The zero-order chi connectivity index (χ0) is 84.5. The van der Waals surface area contributed by atoms with E-state index in [0.29, 0.717) is 0 Å².